The van der Waals surface area contributed by atoms with Crippen LogP contribution in [0.15, 0.2) is 0 Å². The molecule has 0 radical (unpaired) electrons. The van der Waals surface area contributed by atoms with Crippen molar-refractivity contribution in [3.8, 4) is 0 Å². The van der Waals surface area contributed by atoms with Crippen LogP contribution in [0.3, 0.4) is 0 Å². The Kier molecular flexibility index (Phi) is 9.96. The van der Waals surface area contributed by atoms with Gasteiger partial charge in [-0.2, -0.15) is 30.4 Å². The molecule has 9 nitrogen and oxygen atoms in total. The quantitative estimate of drug-likeness (QED) is 0.199. The molecular formula is C16H14F5I3N2O7S. The molecule has 0 saturated heterocycles. The van der Waals surface area contributed by atoms with Gasteiger partial charge < -0.3 is 14.5 Å². The first-order valence-corrected chi connectivity index (χ1v) is 13.1. The molecule has 0 aliphatic heterocycles. The summed E-state index contributed by atoms with van der Waals surface area (Å²) < 4.78 is 102. The first-order chi connectivity index (χ1) is 15.1. The summed E-state index contributed by atoms with van der Waals surface area (Å²) in [7, 11) is -4.13. The molecule has 0 spiro atoms. The second kappa shape index (κ2) is 10.8. The van der Waals surface area contributed by atoms with Crippen LogP contribution in [-0.2, 0) is 24.4 Å². The molecule has 1 N–H and O–H groups in total. The van der Waals surface area contributed by atoms with Gasteiger partial charge in [-0.1, -0.05) is 0 Å². The Morgan fingerprint density at radius 1 is 0.882 bits per heavy atom. The topological polar surface area (TPSA) is 121 Å². The van der Waals surface area contributed by atoms with Gasteiger partial charge in [0.1, 0.15) is 0 Å². The van der Waals surface area contributed by atoms with Gasteiger partial charge in [0, 0.05) is 27.9 Å². The van der Waals surface area contributed by atoms with Crippen molar-refractivity contribution in [1.29, 1.82) is 0 Å². The number of hydrogen-bond acceptors (Lipinski definition) is 6. The highest BCUT2D eigenvalue weighted by Crippen LogP contribution is 2.44. The first-order valence-electron chi connectivity index (χ1n) is 8.40. The maximum Gasteiger partial charge on any atom is 0.432 e. The zero-order chi connectivity index (χ0) is 27.1. The normalized spacial score (nSPS) is 13.3. The number of carbonyl (C=O) groups excluding carboxylic acids is 3. The molecule has 1 unspecified atom stereocenters. The highest BCUT2D eigenvalue weighted by molar-refractivity contribution is 14.1. The number of esters is 1. The van der Waals surface area contributed by atoms with Gasteiger partial charge in [-0.3, -0.25) is 14.1 Å². The van der Waals surface area contributed by atoms with Crippen molar-refractivity contribution < 1.29 is 54.0 Å². The number of hydrogen-bond donors (Lipinski definition) is 1. The summed E-state index contributed by atoms with van der Waals surface area (Å²) in [5, 5.41) is -5.93. The van der Waals surface area contributed by atoms with Gasteiger partial charge in [-0.25, -0.2) is 4.79 Å². The Morgan fingerprint density at radius 2 is 1.24 bits per heavy atom. The number of benzene rings is 1. The molecule has 1 atom stereocenters. The molecule has 1 aromatic rings. The molecule has 0 bridgehead atoms. The van der Waals surface area contributed by atoms with Crippen LogP contribution in [0, 0.1) is 10.7 Å². The van der Waals surface area contributed by atoms with Crippen molar-refractivity contribution in [3.63, 3.8) is 0 Å². The summed E-state index contributed by atoms with van der Waals surface area (Å²) in [6, 6.07) is 0. The Hall–Kier alpha value is -0.620. The number of halogens is 8. The van der Waals surface area contributed by atoms with Crippen molar-refractivity contribution in [2.45, 2.75) is 31.4 Å². The number of ether oxygens (including phenoxy) is 1. The van der Waals surface area contributed by atoms with E-state index < -0.39 is 51.0 Å². The molecule has 34 heavy (non-hydrogen) atoms. The van der Waals surface area contributed by atoms with Crippen molar-refractivity contribution in [1.82, 2.24) is 0 Å². The lowest BCUT2D eigenvalue weighted by molar-refractivity contribution is -0.248. The lowest BCUT2D eigenvalue weighted by Crippen LogP contribution is -2.52. The summed E-state index contributed by atoms with van der Waals surface area (Å²) in [6.07, 6.45) is -10.7. The fourth-order valence-electron chi connectivity index (χ4n) is 2.35. The Labute approximate surface area is 230 Å². The molecule has 1 aromatic carbocycles. The number of amides is 2. The predicted molar refractivity (Wildman–Crippen MR) is 135 cm³/mol. The monoisotopic (exact) mass is 854 g/mol. The Bertz CT molecular complexity index is 1100. The second-order valence-electron chi connectivity index (χ2n) is 6.53. The standard InChI is InChI=1S/C16H14F5I3N2O7S/c1-5(27)25(3)11-8(22)7(9(23)12(10(11)24)26(4)6(2)28)13(29)33-14(15(17,18)19)16(20,21)34(30,31)32/h14H,1-4H3,(H,30,31,32). The molecule has 0 heterocycles. The van der Waals surface area contributed by atoms with E-state index in [1.165, 1.54) is 59.3 Å². The summed E-state index contributed by atoms with van der Waals surface area (Å²) >= 11 is 4.68. The van der Waals surface area contributed by atoms with Crippen LogP contribution in [0.5, 0.6) is 0 Å². The molecule has 0 saturated carbocycles. The lowest BCUT2D eigenvalue weighted by Gasteiger charge is -2.29. The van der Waals surface area contributed by atoms with Crippen molar-refractivity contribution in [2.75, 3.05) is 23.9 Å². The van der Waals surface area contributed by atoms with Crippen LogP contribution in [0.1, 0.15) is 24.2 Å². The smallest absolute Gasteiger partial charge is 0.432 e. The third-order valence-corrected chi connectivity index (χ3v) is 8.29. The van der Waals surface area contributed by atoms with E-state index in [0.717, 1.165) is 23.6 Å². The number of alkyl halides is 5. The molecule has 2 amide bonds. The molecule has 0 aliphatic carbocycles. The minimum atomic E-state index is -6.65. The van der Waals surface area contributed by atoms with Gasteiger partial charge in [0.05, 0.1) is 27.6 Å². The third kappa shape index (κ3) is 6.19. The number of anilines is 2. The van der Waals surface area contributed by atoms with Crippen LogP contribution < -0.4 is 9.80 Å². The van der Waals surface area contributed by atoms with E-state index in [-0.39, 0.29) is 22.1 Å². The number of carbonyl (C=O) groups is 3. The Balaban J connectivity index is 3.95. The first kappa shape index (κ1) is 31.4. The molecule has 192 valence electrons. The van der Waals surface area contributed by atoms with Crippen molar-refractivity contribution in [2.24, 2.45) is 0 Å². The molecule has 18 heteroatoms. The SMILES string of the molecule is CC(=O)N(C)c1c(I)c(C(=O)OC(C(F)(F)F)C(F)(F)S(=O)(=O)O)c(I)c(N(C)C(C)=O)c1I. The van der Waals surface area contributed by atoms with E-state index in [4.69, 9.17) is 4.55 Å². The van der Waals surface area contributed by atoms with E-state index in [0.29, 0.717) is 0 Å². The largest absolute Gasteiger partial charge is 0.441 e. The van der Waals surface area contributed by atoms with E-state index in [2.05, 4.69) is 4.74 Å². The van der Waals surface area contributed by atoms with E-state index in [1.807, 2.05) is 0 Å². The van der Waals surface area contributed by atoms with E-state index >= 15 is 0 Å². The zero-order valence-corrected chi connectivity index (χ0v) is 24.6. The zero-order valence-electron chi connectivity index (χ0n) is 17.3. The van der Waals surface area contributed by atoms with Gasteiger partial charge in [-0.15, -0.1) is 0 Å². The lowest BCUT2D eigenvalue weighted by atomic mass is 10.1. The number of nitrogens with zero attached hydrogens (tertiary/aromatic N) is 2. The van der Waals surface area contributed by atoms with E-state index in [9.17, 15) is 44.8 Å². The minimum Gasteiger partial charge on any atom is -0.441 e. The van der Waals surface area contributed by atoms with Gasteiger partial charge in [0.25, 0.3) is 6.10 Å². The van der Waals surface area contributed by atoms with Gasteiger partial charge in [0.2, 0.25) is 11.8 Å². The van der Waals surface area contributed by atoms with Crippen molar-refractivity contribution >= 4 is 107 Å². The summed E-state index contributed by atoms with van der Waals surface area (Å²) in [4.78, 5) is 38.7. The van der Waals surface area contributed by atoms with Crippen LogP contribution >= 0.6 is 67.8 Å². The van der Waals surface area contributed by atoms with Gasteiger partial charge in [-0.05, 0) is 67.8 Å². The Morgan fingerprint density at radius 3 is 1.50 bits per heavy atom. The highest BCUT2D eigenvalue weighted by Gasteiger charge is 2.66. The van der Waals surface area contributed by atoms with Crippen molar-refractivity contribution in [3.05, 3.63) is 16.3 Å². The maximum absolute atomic E-state index is 13.9. The molecule has 0 aromatic heterocycles. The van der Waals surface area contributed by atoms with Crippen LogP contribution in [0.4, 0.5) is 33.3 Å². The average molecular weight is 854 g/mol. The third-order valence-electron chi connectivity index (χ3n) is 4.26. The molecular weight excluding hydrogens is 840 g/mol. The fourth-order valence-corrected chi connectivity index (χ4v) is 7.85. The minimum absolute atomic E-state index is 0.0470. The summed E-state index contributed by atoms with van der Waals surface area (Å²) in [5.41, 5.74) is -0.836. The number of rotatable bonds is 6. The second-order valence-corrected chi connectivity index (χ2v) is 11.3. The molecule has 0 aliphatic rings. The van der Waals surface area contributed by atoms with Crippen LogP contribution in [-0.4, -0.2) is 62.4 Å². The molecule has 1 rings (SSSR count). The van der Waals surface area contributed by atoms with E-state index in [1.54, 1.807) is 22.6 Å². The predicted octanol–water partition coefficient (Wildman–Crippen LogP) is 4.03. The van der Waals surface area contributed by atoms with Crippen LogP contribution in [0.25, 0.3) is 0 Å². The summed E-state index contributed by atoms with van der Waals surface area (Å²) in [6.45, 7) is 2.26. The summed E-state index contributed by atoms with van der Waals surface area (Å²) in [5.74, 6) is -3.20. The average Bonchev–Trinajstić information content (AvgIpc) is 2.63. The highest BCUT2D eigenvalue weighted by atomic mass is 127. The van der Waals surface area contributed by atoms with Gasteiger partial charge >= 0.3 is 27.5 Å². The molecule has 0 fully saturated rings. The fraction of sp³-hybridized carbons (Fsp3) is 0.438. The van der Waals surface area contributed by atoms with Gasteiger partial charge in [0.15, 0.2) is 0 Å². The maximum atomic E-state index is 13.9. The van der Waals surface area contributed by atoms with Crippen LogP contribution in [0.2, 0.25) is 0 Å².